The minimum atomic E-state index is -5.00. The van der Waals surface area contributed by atoms with Crippen LogP contribution in [0.5, 0.6) is 0 Å². The maximum absolute atomic E-state index is 13.3. The number of carbonyl (C=O) groups is 1. The first kappa shape index (κ1) is 24.0. The monoisotopic (exact) mass is 516 g/mol. The van der Waals surface area contributed by atoms with Crippen LogP contribution in [0.1, 0.15) is 21.6 Å². The van der Waals surface area contributed by atoms with E-state index < -0.39 is 35.1 Å². The molecule has 3 aromatic carbocycles. The lowest BCUT2D eigenvalue weighted by atomic mass is 10.0. The Labute approximate surface area is 202 Å². The van der Waals surface area contributed by atoms with Crippen molar-refractivity contribution in [1.82, 2.24) is 20.4 Å². The van der Waals surface area contributed by atoms with Crippen LogP contribution in [-0.4, -0.2) is 26.4 Å². The number of hydrogen-bond acceptors (Lipinski definition) is 6. The van der Waals surface area contributed by atoms with Crippen LogP contribution >= 0.6 is 0 Å². The van der Waals surface area contributed by atoms with Crippen molar-refractivity contribution in [3.63, 3.8) is 0 Å². The molecule has 0 aliphatic carbocycles. The number of carboxylic acids is 1. The Morgan fingerprint density at radius 2 is 1.46 bits per heavy atom. The number of carboxylic acid groups (broad SMARTS) is 1. The Balaban J connectivity index is 1.60. The third kappa shape index (κ3) is 4.50. The summed E-state index contributed by atoms with van der Waals surface area (Å²) in [4.78, 5) is 11.2. The predicted molar refractivity (Wildman–Crippen MR) is 119 cm³/mol. The number of rotatable bonds is 4. The Bertz CT molecular complexity index is 1640. The number of aromatic amines is 1. The van der Waals surface area contributed by atoms with E-state index >= 15 is 0 Å². The zero-order valence-electron chi connectivity index (χ0n) is 18.2. The molecule has 0 fully saturated rings. The minimum Gasteiger partial charge on any atom is -0.543 e. The summed E-state index contributed by atoms with van der Waals surface area (Å²) in [6.07, 6.45) is -10.0. The first-order valence-corrected chi connectivity index (χ1v) is 10.4. The van der Waals surface area contributed by atoms with Crippen molar-refractivity contribution in [2.45, 2.75) is 12.4 Å². The molecule has 188 valence electrons. The van der Waals surface area contributed by atoms with Crippen molar-refractivity contribution < 1.29 is 36.2 Å². The molecule has 13 heteroatoms. The topological polar surface area (TPSA) is 107 Å². The molecule has 0 bridgehead atoms. The fourth-order valence-electron chi connectivity index (χ4n) is 3.90. The first-order valence-electron chi connectivity index (χ1n) is 10.4. The molecule has 0 atom stereocenters. The van der Waals surface area contributed by atoms with Crippen molar-refractivity contribution in [3.05, 3.63) is 77.5 Å². The van der Waals surface area contributed by atoms with E-state index in [1.54, 1.807) is 36.4 Å². The van der Waals surface area contributed by atoms with Gasteiger partial charge in [-0.2, -0.15) is 31.4 Å². The Kier molecular flexibility index (Phi) is 5.50. The van der Waals surface area contributed by atoms with Gasteiger partial charge in [-0.15, -0.1) is 10.2 Å². The van der Waals surface area contributed by atoms with Crippen molar-refractivity contribution in [3.8, 4) is 11.3 Å². The average molecular weight is 516 g/mol. The summed E-state index contributed by atoms with van der Waals surface area (Å²) in [6.45, 7) is 0. The fraction of sp³-hybridized carbons (Fsp3) is 0.0833. The number of nitrogens with one attached hydrogen (secondary N) is 2. The second-order valence-corrected chi connectivity index (χ2v) is 7.98. The zero-order chi connectivity index (χ0) is 26.5. The molecule has 0 aliphatic heterocycles. The predicted octanol–water partition coefficient (Wildman–Crippen LogP) is 5.32. The van der Waals surface area contributed by atoms with E-state index in [9.17, 15) is 36.2 Å². The Hall–Kier alpha value is -4.68. The van der Waals surface area contributed by atoms with Crippen LogP contribution in [0.3, 0.4) is 0 Å². The molecule has 0 saturated carbocycles. The van der Waals surface area contributed by atoms with Crippen LogP contribution < -0.4 is 10.4 Å². The lowest BCUT2D eigenvalue weighted by Gasteiger charge is -2.16. The van der Waals surface area contributed by atoms with Crippen molar-refractivity contribution in [2.24, 2.45) is 0 Å². The molecule has 0 radical (unpaired) electrons. The van der Waals surface area contributed by atoms with Crippen LogP contribution in [0.4, 0.5) is 37.8 Å². The van der Waals surface area contributed by atoms with Gasteiger partial charge in [-0.25, -0.2) is 0 Å². The third-order valence-electron chi connectivity index (χ3n) is 5.57. The van der Waals surface area contributed by atoms with E-state index in [0.717, 1.165) is 0 Å². The Morgan fingerprint density at radius 3 is 2.08 bits per heavy atom. The van der Waals surface area contributed by atoms with Gasteiger partial charge >= 0.3 is 12.4 Å². The molecule has 5 aromatic rings. The molecule has 0 aliphatic rings. The third-order valence-corrected chi connectivity index (χ3v) is 5.57. The lowest BCUT2D eigenvalue weighted by Crippen LogP contribution is -2.22. The SMILES string of the molecule is O=C([O-])c1n[nH]c2cc(-c3nnc(Nc4cc(C(F)(F)F)cc(C(F)(F)F)c4)c4ccccc34)ccc12. The number of hydrogen-bond donors (Lipinski definition) is 2. The molecule has 0 unspecified atom stereocenters. The van der Waals surface area contributed by atoms with Crippen LogP contribution in [0, 0.1) is 0 Å². The number of aromatic nitrogens is 4. The van der Waals surface area contributed by atoms with Gasteiger partial charge in [0.2, 0.25) is 0 Å². The average Bonchev–Trinajstić information content (AvgIpc) is 3.27. The molecule has 2 aromatic heterocycles. The fourth-order valence-corrected chi connectivity index (χ4v) is 3.90. The van der Waals surface area contributed by atoms with Crippen LogP contribution in [0.15, 0.2) is 60.7 Å². The molecule has 2 N–H and O–H groups in total. The second-order valence-electron chi connectivity index (χ2n) is 7.98. The van der Waals surface area contributed by atoms with Gasteiger partial charge in [-0.3, -0.25) is 5.10 Å². The van der Waals surface area contributed by atoms with Gasteiger partial charge in [0.05, 0.1) is 22.6 Å². The quantitative estimate of drug-likeness (QED) is 0.313. The number of H-pyrrole nitrogens is 1. The molecule has 0 saturated heterocycles. The number of fused-ring (bicyclic) bond motifs is 2. The molecule has 0 amide bonds. The van der Waals surface area contributed by atoms with Gasteiger partial charge < -0.3 is 15.2 Å². The standard InChI is InChI=1S/C24H13F6N5O2/c25-23(26,27)12-8-13(24(28,29)30)10-14(9-12)31-21-16-4-2-1-3-15(16)19(33-35-21)11-5-6-17-18(7-11)32-34-20(17)22(36)37/h1-10H,(H,31,35)(H,32,34)(H,36,37)/p-1. The largest absolute Gasteiger partial charge is 0.543 e. The number of anilines is 2. The molecule has 5 rings (SSSR count). The van der Waals surface area contributed by atoms with Gasteiger partial charge in [0.15, 0.2) is 5.82 Å². The maximum atomic E-state index is 13.3. The second kappa shape index (κ2) is 8.47. The van der Waals surface area contributed by atoms with Crippen molar-refractivity contribution in [2.75, 3.05) is 5.32 Å². The number of nitrogens with zero attached hydrogens (tertiary/aromatic N) is 3. The van der Waals surface area contributed by atoms with E-state index in [4.69, 9.17) is 0 Å². The van der Waals surface area contributed by atoms with Gasteiger partial charge in [0.1, 0.15) is 11.4 Å². The number of halogens is 6. The Morgan fingerprint density at radius 1 is 0.811 bits per heavy atom. The summed E-state index contributed by atoms with van der Waals surface area (Å²) in [5, 5.41) is 29.4. The molecule has 0 spiro atoms. The van der Waals surface area contributed by atoms with E-state index in [2.05, 4.69) is 25.7 Å². The maximum Gasteiger partial charge on any atom is 0.416 e. The first-order chi connectivity index (χ1) is 17.4. The van der Waals surface area contributed by atoms with E-state index in [1.165, 1.54) is 6.07 Å². The minimum absolute atomic E-state index is 0.0372. The smallest absolute Gasteiger partial charge is 0.416 e. The lowest BCUT2D eigenvalue weighted by molar-refractivity contribution is -0.255. The van der Waals surface area contributed by atoms with Crippen molar-refractivity contribution in [1.29, 1.82) is 0 Å². The molecule has 2 heterocycles. The highest BCUT2D eigenvalue weighted by Gasteiger charge is 2.37. The summed E-state index contributed by atoms with van der Waals surface area (Å²) in [6, 6.07) is 12.3. The number of aromatic carboxylic acids is 1. The van der Waals surface area contributed by atoms with Crippen LogP contribution in [-0.2, 0) is 12.4 Å². The van der Waals surface area contributed by atoms with Crippen LogP contribution in [0.25, 0.3) is 32.9 Å². The van der Waals surface area contributed by atoms with Crippen LogP contribution in [0.2, 0.25) is 0 Å². The summed E-state index contributed by atoms with van der Waals surface area (Å²) in [7, 11) is 0. The normalized spacial score (nSPS) is 12.3. The van der Waals surface area contributed by atoms with E-state index in [0.29, 0.717) is 45.1 Å². The molecule has 7 nitrogen and oxygen atoms in total. The van der Waals surface area contributed by atoms with Gasteiger partial charge in [-0.1, -0.05) is 30.3 Å². The van der Waals surface area contributed by atoms with Gasteiger partial charge in [0, 0.05) is 27.4 Å². The highest BCUT2D eigenvalue weighted by molar-refractivity contribution is 6.04. The molecular formula is C24H12F6N5O2-. The highest BCUT2D eigenvalue weighted by atomic mass is 19.4. The van der Waals surface area contributed by atoms with Gasteiger partial charge in [-0.05, 0) is 30.3 Å². The molecular weight excluding hydrogens is 504 g/mol. The van der Waals surface area contributed by atoms with E-state index in [1.807, 2.05) is 0 Å². The summed E-state index contributed by atoms with van der Waals surface area (Å²) in [5.74, 6) is -1.52. The summed E-state index contributed by atoms with van der Waals surface area (Å²) in [5.41, 5.74) is -2.44. The zero-order valence-corrected chi connectivity index (χ0v) is 18.2. The summed E-state index contributed by atoms with van der Waals surface area (Å²) < 4.78 is 79.6. The molecule has 37 heavy (non-hydrogen) atoms. The number of benzene rings is 3. The number of alkyl halides is 6. The summed E-state index contributed by atoms with van der Waals surface area (Å²) >= 11 is 0. The number of carbonyl (C=O) groups excluding carboxylic acids is 1. The van der Waals surface area contributed by atoms with Crippen molar-refractivity contribution >= 4 is 39.1 Å². The van der Waals surface area contributed by atoms with Gasteiger partial charge in [0.25, 0.3) is 0 Å². The van der Waals surface area contributed by atoms with E-state index in [-0.39, 0.29) is 17.6 Å². The highest BCUT2D eigenvalue weighted by Crippen LogP contribution is 2.39.